The fraction of sp³-hybridized carbons (Fsp3) is 0.417. The maximum Gasteiger partial charge on any atom is 0.256 e. The van der Waals surface area contributed by atoms with Crippen LogP contribution in [-0.4, -0.2) is 37.0 Å². The number of hydrogen-bond acceptors (Lipinski definition) is 3. The van der Waals surface area contributed by atoms with E-state index >= 15 is 0 Å². The van der Waals surface area contributed by atoms with Crippen LogP contribution in [0.2, 0.25) is 0 Å². The quantitative estimate of drug-likeness (QED) is 0.809. The van der Waals surface area contributed by atoms with Crippen molar-refractivity contribution in [2.24, 2.45) is 5.73 Å². The lowest BCUT2D eigenvalue weighted by molar-refractivity contribution is -0.146. The lowest BCUT2D eigenvalue weighted by atomic mass is 10.0. The highest BCUT2D eigenvalue weighted by molar-refractivity contribution is 5.83. The maximum absolute atomic E-state index is 12.0. The molecule has 1 fully saturated rings. The van der Waals surface area contributed by atoms with Crippen LogP contribution in [0.25, 0.3) is 0 Å². The molecule has 1 aromatic rings. The summed E-state index contributed by atoms with van der Waals surface area (Å²) in [5.41, 5.74) is 6.54. The Morgan fingerprint density at radius 2 is 2.06 bits per heavy atom. The first-order valence-electron chi connectivity index (χ1n) is 5.34. The number of methoxy groups -OCH3 is 1. The highest BCUT2D eigenvalue weighted by Crippen LogP contribution is 2.21. The second-order valence-electron chi connectivity index (χ2n) is 4.03. The van der Waals surface area contributed by atoms with Gasteiger partial charge in [-0.15, -0.1) is 0 Å². The van der Waals surface area contributed by atoms with Gasteiger partial charge in [-0.05, 0) is 5.56 Å². The van der Waals surface area contributed by atoms with E-state index in [0.717, 1.165) is 5.56 Å². The van der Waals surface area contributed by atoms with E-state index in [2.05, 4.69) is 0 Å². The third kappa shape index (κ3) is 2.08. The summed E-state index contributed by atoms with van der Waals surface area (Å²) in [7, 11) is 1.55. The van der Waals surface area contributed by atoms with Crippen LogP contribution in [0.3, 0.4) is 0 Å². The molecule has 4 heteroatoms. The molecule has 86 valence electrons. The molecule has 0 radical (unpaired) electrons. The van der Waals surface area contributed by atoms with Gasteiger partial charge in [-0.25, -0.2) is 0 Å². The molecular weight excluding hydrogens is 204 g/mol. The molecular formula is C12H16N2O2. The van der Waals surface area contributed by atoms with Gasteiger partial charge in [0.05, 0.1) is 0 Å². The third-order valence-corrected chi connectivity index (χ3v) is 2.78. The molecule has 0 aromatic heterocycles. The molecule has 1 unspecified atom stereocenters. The van der Waals surface area contributed by atoms with Crippen molar-refractivity contribution >= 4 is 5.91 Å². The molecule has 1 aliphatic heterocycles. The Balaban J connectivity index is 2.08. The normalized spacial score (nSPS) is 18.0. The lowest BCUT2D eigenvalue weighted by Crippen LogP contribution is -2.59. The Morgan fingerprint density at radius 3 is 2.56 bits per heavy atom. The van der Waals surface area contributed by atoms with Gasteiger partial charge in [0.1, 0.15) is 0 Å². The molecule has 2 rings (SSSR count). The van der Waals surface area contributed by atoms with E-state index in [1.54, 1.807) is 12.0 Å². The van der Waals surface area contributed by atoms with E-state index in [9.17, 15) is 4.79 Å². The molecule has 0 spiro atoms. The van der Waals surface area contributed by atoms with Crippen molar-refractivity contribution in [3.63, 3.8) is 0 Å². The van der Waals surface area contributed by atoms with Gasteiger partial charge in [-0.2, -0.15) is 0 Å². The summed E-state index contributed by atoms with van der Waals surface area (Å²) < 4.78 is 5.26. The maximum atomic E-state index is 12.0. The number of nitrogens with zero attached hydrogens (tertiary/aromatic N) is 1. The van der Waals surface area contributed by atoms with E-state index in [-0.39, 0.29) is 11.9 Å². The van der Waals surface area contributed by atoms with Gasteiger partial charge in [0.2, 0.25) is 0 Å². The minimum atomic E-state index is -0.506. The van der Waals surface area contributed by atoms with Crippen molar-refractivity contribution in [3.8, 4) is 0 Å². The van der Waals surface area contributed by atoms with E-state index in [0.29, 0.717) is 13.1 Å². The summed E-state index contributed by atoms with van der Waals surface area (Å²) in [6.45, 7) is 1.26. The van der Waals surface area contributed by atoms with Gasteiger partial charge in [-0.3, -0.25) is 4.79 Å². The summed E-state index contributed by atoms with van der Waals surface area (Å²) in [4.78, 5) is 13.8. The first-order valence-corrected chi connectivity index (χ1v) is 5.34. The van der Waals surface area contributed by atoms with Crippen LogP contribution in [0, 0.1) is 0 Å². The minimum absolute atomic E-state index is 0.00426. The molecule has 0 bridgehead atoms. The number of carbonyl (C=O) groups is 1. The summed E-state index contributed by atoms with van der Waals surface area (Å²) in [6.07, 6.45) is -0.506. The highest BCUT2D eigenvalue weighted by atomic mass is 16.5. The molecule has 2 N–H and O–H groups in total. The first-order chi connectivity index (χ1) is 7.72. The number of rotatable bonds is 3. The first kappa shape index (κ1) is 11.1. The van der Waals surface area contributed by atoms with Gasteiger partial charge >= 0.3 is 0 Å². The zero-order chi connectivity index (χ0) is 11.5. The lowest BCUT2D eigenvalue weighted by Gasteiger charge is -2.38. The summed E-state index contributed by atoms with van der Waals surface area (Å²) >= 11 is 0. The second-order valence-corrected chi connectivity index (χ2v) is 4.03. The zero-order valence-electron chi connectivity index (χ0n) is 9.30. The second kappa shape index (κ2) is 4.63. The molecule has 4 nitrogen and oxygen atoms in total. The summed E-state index contributed by atoms with van der Waals surface area (Å²) in [5.74, 6) is -0.00426. The molecule has 1 atom stereocenters. The SMILES string of the molecule is COC(C(=O)N1CC(N)C1)c1ccccc1. The highest BCUT2D eigenvalue weighted by Gasteiger charge is 2.33. The average molecular weight is 220 g/mol. The van der Waals surface area contributed by atoms with Crippen LogP contribution in [-0.2, 0) is 9.53 Å². The largest absolute Gasteiger partial charge is 0.367 e. The molecule has 1 amide bonds. The zero-order valence-corrected chi connectivity index (χ0v) is 9.30. The van der Waals surface area contributed by atoms with E-state index in [1.807, 2.05) is 30.3 Å². The van der Waals surface area contributed by atoms with Crippen molar-refractivity contribution < 1.29 is 9.53 Å². The fourth-order valence-electron chi connectivity index (χ4n) is 1.87. The number of likely N-dealkylation sites (tertiary alicyclic amines) is 1. The van der Waals surface area contributed by atoms with E-state index in [4.69, 9.17) is 10.5 Å². The Labute approximate surface area is 95.0 Å². The van der Waals surface area contributed by atoms with Gasteiger partial charge in [0.25, 0.3) is 5.91 Å². The predicted molar refractivity (Wildman–Crippen MR) is 60.7 cm³/mol. The van der Waals surface area contributed by atoms with Crippen LogP contribution in [0.4, 0.5) is 0 Å². The molecule has 1 aliphatic rings. The fourth-order valence-corrected chi connectivity index (χ4v) is 1.87. The molecule has 16 heavy (non-hydrogen) atoms. The van der Waals surface area contributed by atoms with Crippen molar-refractivity contribution in [1.82, 2.24) is 4.90 Å². The van der Waals surface area contributed by atoms with Crippen molar-refractivity contribution in [3.05, 3.63) is 35.9 Å². The van der Waals surface area contributed by atoms with Crippen molar-refractivity contribution in [2.75, 3.05) is 20.2 Å². The van der Waals surface area contributed by atoms with Gasteiger partial charge in [0.15, 0.2) is 6.10 Å². The molecule has 1 saturated heterocycles. The van der Waals surface area contributed by atoms with Crippen LogP contribution in [0.1, 0.15) is 11.7 Å². The van der Waals surface area contributed by atoms with Gasteiger partial charge in [-0.1, -0.05) is 30.3 Å². The number of nitrogens with two attached hydrogens (primary N) is 1. The third-order valence-electron chi connectivity index (χ3n) is 2.78. The minimum Gasteiger partial charge on any atom is -0.367 e. The van der Waals surface area contributed by atoms with Crippen LogP contribution in [0.5, 0.6) is 0 Å². The van der Waals surface area contributed by atoms with Crippen LogP contribution >= 0.6 is 0 Å². The number of hydrogen-bond donors (Lipinski definition) is 1. The summed E-state index contributed by atoms with van der Waals surface area (Å²) in [6, 6.07) is 9.63. The van der Waals surface area contributed by atoms with Crippen molar-refractivity contribution in [2.45, 2.75) is 12.1 Å². The van der Waals surface area contributed by atoms with Gasteiger partial charge in [0, 0.05) is 26.2 Å². The summed E-state index contributed by atoms with van der Waals surface area (Å²) in [5, 5.41) is 0. The smallest absolute Gasteiger partial charge is 0.256 e. The Hall–Kier alpha value is -1.39. The van der Waals surface area contributed by atoms with Crippen LogP contribution in [0.15, 0.2) is 30.3 Å². The molecule has 0 saturated carbocycles. The predicted octanol–water partition coefficient (Wildman–Crippen LogP) is 0.544. The van der Waals surface area contributed by atoms with Crippen LogP contribution < -0.4 is 5.73 Å². The van der Waals surface area contributed by atoms with Crippen molar-refractivity contribution in [1.29, 1.82) is 0 Å². The molecule has 1 aromatic carbocycles. The Morgan fingerprint density at radius 1 is 1.44 bits per heavy atom. The monoisotopic (exact) mass is 220 g/mol. The number of ether oxygens (including phenoxy) is 1. The Bertz CT molecular complexity index is 361. The number of carbonyl (C=O) groups excluding carboxylic acids is 1. The Kier molecular flexibility index (Phi) is 3.22. The van der Waals surface area contributed by atoms with E-state index < -0.39 is 6.10 Å². The standard InChI is InChI=1S/C12H16N2O2/c1-16-11(9-5-3-2-4-6-9)12(15)14-7-10(13)8-14/h2-6,10-11H,7-8,13H2,1H3. The topological polar surface area (TPSA) is 55.6 Å². The molecule has 1 heterocycles. The number of amides is 1. The molecule has 0 aliphatic carbocycles. The number of benzene rings is 1. The average Bonchev–Trinajstić information content (AvgIpc) is 2.27. The van der Waals surface area contributed by atoms with E-state index in [1.165, 1.54) is 0 Å². The van der Waals surface area contributed by atoms with Gasteiger partial charge < -0.3 is 15.4 Å².